The first-order valence-electron chi connectivity index (χ1n) is 20.1. The molecule has 12 heteroatoms. The van der Waals surface area contributed by atoms with Crippen molar-refractivity contribution in [3.05, 3.63) is 114 Å². The molecule has 3 N–H and O–H groups in total. The number of anilines is 3. The summed E-state index contributed by atoms with van der Waals surface area (Å²) in [7, 11) is -0.880. The van der Waals surface area contributed by atoms with Crippen molar-refractivity contribution in [1.29, 1.82) is 0 Å². The molecule has 8 rings (SSSR count). The maximum Gasteiger partial charge on any atom is 0.261 e. The number of rotatable bonds is 11. The summed E-state index contributed by atoms with van der Waals surface area (Å²) in [5.74, 6) is 0.0768. The lowest BCUT2D eigenvalue weighted by molar-refractivity contribution is -0.148. The summed E-state index contributed by atoms with van der Waals surface area (Å²) in [6.45, 7) is 8.90. The van der Waals surface area contributed by atoms with Gasteiger partial charge in [-0.2, -0.15) is 0 Å². The number of ether oxygens (including phenoxy) is 2. The number of para-hydroxylation sites is 1. The number of nitrogens with one attached hydrogen (secondary N) is 2. The zero-order valence-corrected chi connectivity index (χ0v) is 34.2. The van der Waals surface area contributed by atoms with Gasteiger partial charge in [0.1, 0.15) is 11.3 Å². The summed E-state index contributed by atoms with van der Waals surface area (Å²) in [5, 5.41) is 17.8. The lowest BCUT2D eigenvalue weighted by Gasteiger charge is -2.39. The average molecular weight is 788 g/mol. The van der Waals surface area contributed by atoms with Crippen molar-refractivity contribution < 1.29 is 29.0 Å². The highest BCUT2D eigenvalue weighted by Crippen LogP contribution is 2.59. The second kappa shape index (κ2) is 15.4. The fourth-order valence-corrected chi connectivity index (χ4v) is 14.2. The minimum absolute atomic E-state index is 0.0473. The Balaban J connectivity index is 1.18. The molecule has 0 radical (unpaired) electrons. The summed E-state index contributed by atoms with van der Waals surface area (Å²) >= 11 is 0. The van der Waals surface area contributed by atoms with E-state index < -0.39 is 25.3 Å². The maximum absolute atomic E-state index is 14.7. The molecule has 0 bridgehead atoms. The molecule has 4 aromatic carbocycles. The van der Waals surface area contributed by atoms with E-state index in [1.165, 1.54) is 0 Å². The van der Waals surface area contributed by atoms with E-state index >= 15 is 0 Å². The molecule has 0 aromatic heterocycles. The van der Waals surface area contributed by atoms with Gasteiger partial charge >= 0.3 is 0 Å². The highest BCUT2D eigenvalue weighted by atomic mass is 28.3. The topological polar surface area (TPSA) is 124 Å². The van der Waals surface area contributed by atoms with Crippen LogP contribution >= 0.6 is 0 Å². The lowest BCUT2D eigenvalue weighted by Crippen LogP contribution is -2.55. The highest BCUT2D eigenvalue weighted by Gasteiger charge is 2.65. The van der Waals surface area contributed by atoms with E-state index in [4.69, 9.17) is 9.47 Å². The number of aliphatic hydroxyl groups is 1. The number of benzene rings is 4. The second-order valence-electron chi connectivity index (χ2n) is 16.5. The van der Waals surface area contributed by atoms with Crippen molar-refractivity contribution in [2.24, 2.45) is 5.92 Å². The Bertz CT molecular complexity index is 2110. The third-order valence-electron chi connectivity index (χ3n) is 13.1. The Morgan fingerprint density at radius 3 is 2.30 bits per heavy atom. The van der Waals surface area contributed by atoms with Gasteiger partial charge in [-0.3, -0.25) is 19.3 Å². The van der Waals surface area contributed by atoms with Crippen molar-refractivity contribution in [2.45, 2.75) is 68.6 Å². The minimum atomic E-state index is -2.53. The van der Waals surface area contributed by atoms with Crippen LogP contribution in [0.5, 0.6) is 5.75 Å². The van der Waals surface area contributed by atoms with Crippen molar-refractivity contribution in [3.8, 4) is 5.75 Å². The van der Waals surface area contributed by atoms with Gasteiger partial charge in [0.15, 0.2) is 5.60 Å². The molecule has 0 unspecified atom stereocenters. The fourth-order valence-electron chi connectivity index (χ4n) is 10.2. The number of carbonyl (C=O) groups excluding carboxylic acids is 3. The molecule has 3 saturated heterocycles. The number of aliphatic hydroxyl groups excluding tert-OH is 1. The van der Waals surface area contributed by atoms with Crippen molar-refractivity contribution >= 4 is 48.0 Å². The standard InChI is InChI=1S/C45H53N5O6Si/c1-31-41(57(3,4)36-18-16-35(55-2)17-19-36)39(28-40(52)48(25-26-51)29-32-11-7-5-8-12-32)56-45(31)37-27-34(15-20-38(37)47-42(45)53)49-30-50(33-13-9-6-10-14-33)44(43(49)54)21-23-46-24-22-44/h5-20,27,31,39,41,46,51H,21-26,28-30H2,1-4H3,(H,47,53)/t31-,39+,41-,45+/m0/s1. The van der Waals surface area contributed by atoms with E-state index in [9.17, 15) is 19.5 Å². The van der Waals surface area contributed by atoms with E-state index in [-0.39, 0.29) is 48.8 Å². The number of amides is 3. The third kappa shape index (κ3) is 6.62. The van der Waals surface area contributed by atoms with Gasteiger partial charge in [0.05, 0.1) is 41.0 Å². The minimum Gasteiger partial charge on any atom is -0.497 e. The zero-order chi connectivity index (χ0) is 40.0. The largest absolute Gasteiger partial charge is 0.497 e. The van der Waals surface area contributed by atoms with Gasteiger partial charge in [0, 0.05) is 41.6 Å². The molecule has 3 amide bonds. The van der Waals surface area contributed by atoms with Crippen LogP contribution in [0.2, 0.25) is 18.6 Å². The van der Waals surface area contributed by atoms with Gasteiger partial charge in [0.25, 0.3) is 11.8 Å². The summed E-state index contributed by atoms with van der Waals surface area (Å²) in [6.07, 6.45) is 0.818. The molecule has 298 valence electrons. The summed E-state index contributed by atoms with van der Waals surface area (Å²) < 4.78 is 12.7. The Labute approximate surface area is 336 Å². The van der Waals surface area contributed by atoms with E-state index in [2.05, 4.69) is 59.8 Å². The first-order valence-corrected chi connectivity index (χ1v) is 23.2. The van der Waals surface area contributed by atoms with E-state index in [1.807, 2.05) is 83.8 Å². The molecule has 11 nitrogen and oxygen atoms in total. The van der Waals surface area contributed by atoms with Gasteiger partial charge in [-0.05, 0) is 79.5 Å². The fraction of sp³-hybridized carbons (Fsp3) is 0.400. The number of fused-ring (bicyclic) bond motifs is 2. The molecule has 4 aliphatic rings. The number of carbonyl (C=O) groups is 3. The van der Waals surface area contributed by atoms with Crippen molar-refractivity contribution in [2.75, 3.05) is 55.1 Å². The molecule has 4 atom stereocenters. The second-order valence-corrected chi connectivity index (χ2v) is 21.2. The Morgan fingerprint density at radius 2 is 1.63 bits per heavy atom. The van der Waals surface area contributed by atoms with Crippen LogP contribution in [-0.4, -0.2) is 87.5 Å². The first kappa shape index (κ1) is 38.8. The maximum atomic E-state index is 14.7. The van der Waals surface area contributed by atoms with E-state index in [1.54, 1.807) is 12.0 Å². The molecule has 0 aliphatic carbocycles. The number of piperidine rings is 1. The summed E-state index contributed by atoms with van der Waals surface area (Å²) in [5.41, 5.74) is 1.78. The van der Waals surface area contributed by atoms with Gasteiger partial charge in [0.2, 0.25) is 5.91 Å². The van der Waals surface area contributed by atoms with Crippen LogP contribution in [0.25, 0.3) is 0 Å². The van der Waals surface area contributed by atoms with Crippen LogP contribution < -0.4 is 30.4 Å². The molecule has 2 spiro atoms. The molecular formula is C45H53N5O6Si. The van der Waals surface area contributed by atoms with Crippen LogP contribution in [0.15, 0.2) is 103 Å². The van der Waals surface area contributed by atoms with Gasteiger partial charge in [-0.25, -0.2) is 0 Å². The quantitative estimate of drug-likeness (QED) is 0.177. The summed E-state index contributed by atoms with van der Waals surface area (Å²) in [4.78, 5) is 49.4. The average Bonchev–Trinajstić information content (AvgIpc) is 3.80. The molecular weight excluding hydrogens is 735 g/mol. The number of methoxy groups -OCH3 is 1. The van der Waals surface area contributed by atoms with Crippen LogP contribution in [0, 0.1) is 5.92 Å². The van der Waals surface area contributed by atoms with E-state index in [0.29, 0.717) is 43.0 Å². The van der Waals surface area contributed by atoms with Crippen LogP contribution in [0.3, 0.4) is 0 Å². The zero-order valence-electron chi connectivity index (χ0n) is 33.2. The smallest absolute Gasteiger partial charge is 0.261 e. The molecule has 0 saturated carbocycles. The highest BCUT2D eigenvalue weighted by molar-refractivity contribution is 6.91. The molecule has 57 heavy (non-hydrogen) atoms. The molecule has 4 aliphatic heterocycles. The van der Waals surface area contributed by atoms with E-state index in [0.717, 1.165) is 35.3 Å². The van der Waals surface area contributed by atoms with Crippen LogP contribution in [-0.2, 0) is 31.3 Å². The number of hydrogen-bond acceptors (Lipinski definition) is 8. The van der Waals surface area contributed by atoms with Crippen molar-refractivity contribution in [1.82, 2.24) is 10.2 Å². The van der Waals surface area contributed by atoms with Crippen LogP contribution in [0.4, 0.5) is 17.1 Å². The monoisotopic (exact) mass is 787 g/mol. The van der Waals surface area contributed by atoms with Gasteiger partial charge in [-0.1, -0.05) is 85.9 Å². The Hall–Kier alpha value is -5.01. The lowest BCUT2D eigenvalue weighted by atomic mass is 9.82. The SMILES string of the molecule is COc1ccc([Si](C)(C)[C@@H]2[C@@H](CC(=O)N(CCO)Cc3ccccc3)O[C@]3(C(=O)Nc4ccc(N5CN(c6ccccc6)C6(CCNCC6)C5=O)cc43)[C@H]2C)cc1. The molecule has 3 fully saturated rings. The Kier molecular flexibility index (Phi) is 10.5. The first-order chi connectivity index (χ1) is 27.5. The third-order valence-corrected chi connectivity index (χ3v) is 17.5. The predicted molar refractivity (Wildman–Crippen MR) is 224 cm³/mol. The van der Waals surface area contributed by atoms with Gasteiger partial charge < -0.3 is 35.0 Å². The van der Waals surface area contributed by atoms with Gasteiger partial charge in [-0.15, -0.1) is 0 Å². The molecule has 4 heterocycles. The van der Waals surface area contributed by atoms with Crippen molar-refractivity contribution in [3.63, 3.8) is 0 Å². The normalized spacial score (nSPS) is 23.9. The summed E-state index contributed by atoms with van der Waals surface area (Å²) in [6, 6.07) is 33.8. The number of hydrogen-bond donors (Lipinski definition) is 3. The predicted octanol–water partition coefficient (Wildman–Crippen LogP) is 5.21. The number of nitrogens with zero attached hydrogens (tertiary/aromatic N) is 3. The Morgan fingerprint density at radius 1 is 0.947 bits per heavy atom. The molecule has 4 aromatic rings. The van der Waals surface area contributed by atoms with Crippen LogP contribution in [0.1, 0.15) is 37.3 Å².